The Morgan fingerprint density at radius 3 is 3.00 bits per heavy atom. The van der Waals surface area contributed by atoms with Crippen LogP contribution in [0.1, 0.15) is 55.9 Å². The summed E-state index contributed by atoms with van der Waals surface area (Å²) in [6, 6.07) is 0. The standard InChI is InChI=1S/C19H24N2O3S/c1-12-5-4-6-13(9-12)24-16(22)10-21-11-20-18-17(19(21)23)14-7-2-3-8-15(14)25-18/h11-13H,2-10H2,1H3/t12-,13-/m1/s1. The van der Waals surface area contributed by atoms with Crippen molar-refractivity contribution in [3.8, 4) is 0 Å². The summed E-state index contributed by atoms with van der Waals surface area (Å²) >= 11 is 1.63. The zero-order valence-corrected chi connectivity index (χ0v) is 15.4. The van der Waals surface area contributed by atoms with E-state index in [0.717, 1.165) is 54.3 Å². The van der Waals surface area contributed by atoms with Gasteiger partial charge in [-0.15, -0.1) is 11.3 Å². The molecule has 2 heterocycles. The molecule has 134 valence electrons. The van der Waals surface area contributed by atoms with E-state index < -0.39 is 0 Å². The summed E-state index contributed by atoms with van der Waals surface area (Å²) in [7, 11) is 0. The number of hydrogen-bond donors (Lipinski definition) is 0. The van der Waals surface area contributed by atoms with E-state index in [0.29, 0.717) is 5.92 Å². The maximum atomic E-state index is 12.9. The first kappa shape index (κ1) is 16.8. The van der Waals surface area contributed by atoms with Gasteiger partial charge in [-0.05, 0) is 56.4 Å². The Balaban J connectivity index is 1.54. The molecule has 2 aliphatic rings. The molecule has 1 fully saturated rings. The minimum Gasteiger partial charge on any atom is -0.461 e. The molecule has 25 heavy (non-hydrogen) atoms. The van der Waals surface area contributed by atoms with Crippen LogP contribution >= 0.6 is 11.3 Å². The summed E-state index contributed by atoms with van der Waals surface area (Å²) < 4.78 is 7.02. The normalized spacial score (nSPS) is 23.4. The van der Waals surface area contributed by atoms with Crippen LogP contribution in [0.5, 0.6) is 0 Å². The lowest BCUT2D eigenvalue weighted by Crippen LogP contribution is -2.30. The van der Waals surface area contributed by atoms with Gasteiger partial charge >= 0.3 is 5.97 Å². The van der Waals surface area contributed by atoms with Gasteiger partial charge in [-0.1, -0.05) is 13.3 Å². The highest BCUT2D eigenvalue weighted by Gasteiger charge is 2.24. The fourth-order valence-electron chi connectivity index (χ4n) is 4.14. The fourth-order valence-corrected chi connectivity index (χ4v) is 5.36. The number of ether oxygens (including phenoxy) is 1. The third-order valence-corrected chi connectivity index (χ3v) is 6.63. The molecule has 0 amide bonds. The monoisotopic (exact) mass is 360 g/mol. The van der Waals surface area contributed by atoms with E-state index in [-0.39, 0.29) is 24.2 Å². The molecule has 2 atom stereocenters. The van der Waals surface area contributed by atoms with E-state index in [2.05, 4.69) is 11.9 Å². The molecule has 0 bridgehead atoms. The lowest BCUT2D eigenvalue weighted by Gasteiger charge is -2.26. The zero-order chi connectivity index (χ0) is 17.4. The number of hydrogen-bond acceptors (Lipinski definition) is 5. The predicted octanol–water partition coefficient (Wildman–Crippen LogP) is 3.46. The maximum absolute atomic E-state index is 12.9. The molecule has 0 aliphatic heterocycles. The second-order valence-electron chi connectivity index (χ2n) is 7.45. The van der Waals surface area contributed by atoms with Crippen LogP contribution in [0.2, 0.25) is 0 Å². The average molecular weight is 360 g/mol. The quantitative estimate of drug-likeness (QED) is 0.787. The molecule has 0 radical (unpaired) electrons. The molecule has 2 aromatic rings. The van der Waals surface area contributed by atoms with E-state index in [1.807, 2.05) is 0 Å². The van der Waals surface area contributed by atoms with Gasteiger partial charge in [0.25, 0.3) is 5.56 Å². The van der Waals surface area contributed by atoms with Crippen LogP contribution < -0.4 is 5.56 Å². The fraction of sp³-hybridized carbons (Fsp3) is 0.632. The van der Waals surface area contributed by atoms with Crippen molar-refractivity contribution in [1.29, 1.82) is 0 Å². The Morgan fingerprint density at radius 1 is 1.32 bits per heavy atom. The van der Waals surface area contributed by atoms with Gasteiger partial charge in [-0.25, -0.2) is 4.98 Å². The topological polar surface area (TPSA) is 61.2 Å². The first-order chi connectivity index (χ1) is 12.1. The third kappa shape index (κ3) is 3.36. The van der Waals surface area contributed by atoms with Crippen LogP contribution in [0.25, 0.3) is 10.2 Å². The van der Waals surface area contributed by atoms with Gasteiger partial charge in [0.2, 0.25) is 0 Å². The van der Waals surface area contributed by atoms with Crippen LogP contribution in [0.15, 0.2) is 11.1 Å². The van der Waals surface area contributed by atoms with Gasteiger partial charge in [0.05, 0.1) is 11.7 Å². The Morgan fingerprint density at radius 2 is 2.16 bits per heavy atom. The van der Waals surface area contributed by atoms with Crippen LogP contribution in [-0.4, -0.2) is 21.6 Å². The molecule has 1 saturated carbocycles. The van der Waals surface area contributed by atoms with Crippen molar-refractivity contribution >= 4 is 27.5 Å². The molecule has 0 spiro atoms. The van der Waals surface area contributed by atoms with Crippen molar-refractivity contribution in [2.45, 2.75) is 70.9 Å². The summed E-state index contributed by atoms with van der Waals surface area (Å²) in [6.45, 7) is 2.15. The van der Waals surface area contributed by atoms with Crippen molar-refractivity contribution < 1.29 is 9.53 Å². The van der Waals surface area contributed by atoms with Crippen LogP contribution in [0.3, 0.4) is 0 Å². The summed E-state index contributed by atoms with van der Waals surface area (Å²) in [5.41, 5.74) is 1.06. The average Bonchev–Trinajstić information content (AvgIpc) is 2.96. The first-order valence-electron chi connectivity index (χ1n) is 9.31. The highest BCUT2D eigenvalue weighted by Crippen LogP contribution is 2.33. The Labute approximate surface area is 151 Å². The third-order valence-electron chi connectivity index (χ3n) is 5.43. The van der Waals surface area contributed by atoms with E-state index in [1.54, 1.807) is 11.3 Å². The molecule has 6 heteroatoms. The smallest absolute Gasteiger partial charge is 0.326 e. The Bertz CT molecular complexity index is 854. The zero-order valence-electron chi connectivity index (χ0n) is 14.6. The highest BCUT2D eigenvalue weighted by molar-refractivity contribution is 7.18. The number of aryl methyl sites for hydroxylation is 2. The van der Waals surface area contributed by atoms with Crippen molar-refractivity contribution in [3.63, 3.8) is 0 Å². The molecule has 2 aliphatic carbocycles. The molecule has 5 nitrogen and oxygen atoms in total. The Hall–Kier alpha value is -1.69. The maximum Gasteiger partial charge on any atom is 0.326 e. The summed E-state index contributed by atoms with van der Waals surface area (Å²) in [4.78, 5) is 31.7. The van der Waals surface area contributed by atoms with Crippen molar-refractivity contribution in [2.24, 2.45) is 5.92 Å². The number of thiophene rings is 1. The summed E-state index contributed by atoms with van der Waals surface area (Å²) in [5, 5.41) is 0.723. The van der Waals surface area contributed by atoms with Gasteiger partial charge in [0.1, 0.15) is 17.5 Å². The van der Waals surface area contributed by atoms with Crippen molar-refractivity contribution in [2.75, 3.05) is 0 Å². The van der Waals surface area contributed by atoms with E-state index in [1.165, 1.54) is 28.6 Å². The lowest BCUT2D eigenvalue weighted by molar-refractivity contribution is -0.152. The van der Waals surface area contributed by atoms with E-state index in [4.69, 9.17) is 4.74 Å². The molecular weight excluding hydrogens is 336 g/mol. The summed E-state index contributed by atoms with van der Waals surface area (Å²) in [5.74, 6) is 0.274. The van der Waals surface area contributed by atoms with Gasteiger partial charge < -0.3 is 4.74 Å². The number of aromatic nitrogens is 2. The van der Waals surface area contributed by atoms with Gasteiger partial charge in [0, 0.05) is 4.88 Å². The predicted molar refractivity (Wildman–Crippen MR) is 98.0 cm³/mol. The number of esters is 1. The minimum absolute atomic E-state index is 0.00227. The number of fused-ring (bicyclic) bond motifs is 3. The largest absolute Gasteiger partial charge is 0.461 e. The second-order valence-corrected chi connectivity index (χ2v) is 8.54. The van der Waals surface area contributed by atoms with Crippen molar-refractivity contribution in [1.82, 2.24) is 9.55 Å². The van der Waals surface area contributed by atoms with E-state index >= 15 is 0 Å². The first-order valence-corrected chi connectivity index (χ1v) is 10.1. The van der Waals surface area contributed by atoms with Gasteiger partial charge in [-0.2, -0.15) is 0 Å². The number of carbonyl (C=O) groups excluding carboxylic acids is 1. The minimum atomic E-state index is -0.327. The molecular formula is C19H24N2O3S. The number of rotatable bonds is 3. The number of carbonyl (C=O) groups is 1. The summed E-state index contributed by atoms with van der Waals surface area (Å²) in [6.07, 6.45) is 9.95. The number of nitrogens with zero attached hydrogens (tertiary/aromatic N) is 2. The molecule has 0 unspecified atom stereocenters. The lowest BCUT2D eigenvalue weighted by atomic mass is 9.89. The van der Waals surface area contributed by atoms with Crippen molar-refractivity contribution in [3.05, 3.63) is 27.1 Å². The molecule has 4 rings (SSSR count). The van der Waals surface area contributed by atoms with Crippen LogP contribution in [0.4, 0.5) is 0 Å². The molecule has 0 aromatic carbocycles. The van der Waals surface area contributed by atoms with Gasteiger partial charge in [-0.3, -0.25) is 14.2 Å². The highest BCUT2D eigenvalue weighted by atomic mass is 32.1. The molecule has 0 N–H and O–H groups in total. The Kier molecular flexibility index (Phi) is 4.63. The molecule has 0 saturated heterocycles. The SMILES string of the molecule is C[C@@H]1CCC[C@@H](OC(=O)Cn2cnc3sc4c(c3c2=O)CCCC4)C1. The second kappa shape index (κ2) is 6.90. The van der Waals surface area contributed by atoms with Gasteiger partial charge in [0.15, 0.2) is 0 Å². The van der Waals surface area contributed by atoms with Crippen LogP contribution in [0, 0.1) is 5.92 Å². The molecule has 2 aromatic heterocycles. The van der Waals surface area contributed by atoms with Crippen LogP contribution in [-0.2, 0) is 28.9 Å². The van der Waals surface area contributed by atoms with E-state index in [9.17, 15) is 9.59 Å².